The molecule has 0 saturated carbocycles. The summed E-state index contributed by atoms with van der Waals surface area (Å²) in [7, 11) is 1.88. The Morgan fingerprint density at radius 2 is 1.94 bits per heavy atom. The van der Waals surface area contributed by atoms with Crippen LogP contribution < -0.4 is 5.32 Å². The number of aromatic nitrogens is 2. The zero-order valence-electron chi connectivity index (χ0n) is 9.91. The quantitative estimate of drug-likeness (QED) is 0.918. The van der Waals surface area contributed by atoms with Crippen molar-refractivity contribution in [2.75, 3.05) is 13.6 Å². The van der Waals surface area contributed by atoms with Gasteiger partial charge in [0.2, 0.25) is 11.8 Å². The Labute approximate surface area is 115 Å². The van der Waals surface area contributed by atoms with E-state index in [9.17, 15) is 0 Å². The minimum absolute atomic E-state index is 0.532. The third-order valence-corrected chi connectivity index (χ3v) is 3.18. The van der Waals surface area contributed by atoms with Crippen LogP contribution in [0, 0.1) is 0 Å². The Hall–Kier alpha value is -1.10. The van der Waals surface area contributed by atoms with Crippen LogP contribution >= 0.6 is 23.2 Å². The average molecular weight is 286 g/mol. The van der Waals surface area contributed by atoms with Gasteiger partial charge in [0.05, 0.1) is 16.5 Å². The lowest BCUT2D eigenvalue weighted by Gasteiger charge is -1.99. The summed E-state index contributed by atoms with van der Waals surface area (Å²) in [5, 5.41) is 12.1. The first kappa shape index (κ1) is 13.3. The SMILES string of the molecule is CNCCc1nnc(Cc2ccc(Cl)c(Cl)c2)o1. The fourth-order valence-electron chi connectivity index (χ4n) is 1.52. The molecule has 0 aliphatic carbocycles. The second kappa shape index (κ2) is 6.18. The number of nitrogens with zero attached hydrogens (tertiary/aromatic N) is 2. The van der Waals surface area contributed by atoms with Crippen molar-refractivity contribution in [1.82, 2.24) is 15.5 Å². The number of rotatable bonds is 5. The molecule has 2 aromatic rings. The summed E-state index contributed by atoms with van der Waals surface area (Å²) in [5.74, 6) is 1.22. The van der Waals surface area contributed by atoms with Crippen LogP contribution in [-0.2, 0) is 12.8 Å². The van der Waals surface area contributed by atoms with E-state index >= 15 is 0 Å². The first-order valence-corrected chi connectivity index (χ1v) is 6.34. The van der Waals surface area contributed by atoms with Crippen molar-refractivity contribution in [1.29, 1.82) is 0 Å². The zero-order valence-corrected chi connectivity index (χ0v) is 11.4. The van der Waals surface area contributed by atoms with Crippen molar-refractivity contribution in [3.8, 4) is 0 Å². The number of likely N-dealkylation sites (N-methyl/N-ethyl adjacent to an activating group) is 1. The first-order valence-electron chi connectivity index (χ1n) is 5.59. The molecule has 0 radical (unpaired) electrons. The molecule has 2 rings (SSSR count). The Balaban J connectivity index is 2.04. The van der Waals surface area contributed by atoms with E-state index in [0.29, 0.717) is 28.2 Å². The molecule has 0 bridgehead atoms. The van der Waals surface area contributed by atoms with Crippen molar-refractivity contribution in [3.63, 3.8) is 0 Å². The van der Waals surface area contributed by atoms with E-state index in [-0.39, 0.29) is 0 Å². The zero-order chi connectivity index (χ0) is 13.0. The minimum atomic E-state index is 0.532. The molecule has 0 aliphatic rings. The lowest BCUT2D eigenvalue weighted by atomic mass is 10.1. The topological polar surface area (TPSA) is 51.0 Å². The smallest absolute Gasteiger partial charge is 0.220 e. The molecule has 0 atom stereocenters. The predicted octanol–water partition coefficient (Wildman–Crippen LogP) is 2.73. The molecule has 0 fully saturated rings. The van der Waals surface area contributed by atoms with Gasteiger partial charge in [-0.05, 0) is 24.7 Å². The van der Waals surface area contributed by atoms with E-state index in [1.54, 1.807) is 12.1 Å². The van der Waals surface area contributed by atoms with Gasteiger partial charge < -0.3 is 9.73 Å². The molecule has 96 valence electrons. The molecule has 0 saturated heterocycles. The molecule has 4 nitrogen and oxygen atoms in total. The predicted molar refractivity (Wildman–Crippen MR) is 71.2 cm³/mol. The fourth-order valence-corrected chi connectivity index (χ4v) is 1.84. The Bertz CT molecular complexity index is 528. The van der Waals surface area contributed by atoms with Crippen LogP contribution in [-0.4, -0.2) is 23.8 Å². The molecular weight excluding hydrogens is 273 g/mol. The van der Waals surface area contributed by atoms with Gasteiger partial charge in [-0.2, -0.15) is 0 Å². The standard InChI is InChI=1S/C12H13Cl2N3O/c1-15-5-4-11-16-17-12(18-11)7-8-2-3-9(13)10(14)6-8/h2-3,6,15H,4-5,7H2,1H3. The number of hydrogen-bond acceptors (Lipinski definition) is 4. The second-order valence-corrected chi connectivity index (χ2v) is 4.68. The molecule has 0 unspecified atom stereocenters. The lowest BCUT2D eigenvalue weighted by Crippen LogP contribution is -2.10. The maximum Gasteiger partial charge on any atom is 0.220 e. The van der Waals surface area contributed by atoms with E-state index in [2.05, 4.69) is 15.5 Å². The summed E-state index contributed by atoms with van der Waals surface area (Å²) >= 11 is 11.8. The highest BCUT2D eigenvalue weighted by atomic mass is 35.5. The third kappa shape index (κ3) is 3.45. The fraction of sp³-hybridized carbons (Fsp3) is 0.333. The summed E-state index contributed by atoms with van der Waals surface area (Å²) in [6, 6.07) is 5.46. The molecular formula is C12H13Cl2N3O. The molecule has 6 heteroatoms. The summed E-state index contributed by atoms with van der Waals surface area (Å²) < 4.78 is 5.52. The Morgan fingerprint density at radius 3 is 2.67 bits per heavy atom. The van der Waals surface area contributed by atoms with Gasteiger partial charge in [0.15, 0.2) is 0 Å². The van der Waals surface area contributed by atoms with Gasteiger partial charge in [0, 0.05) is 13.0 Å². The molecule has 0 spiro atoms. The van der Waals surface area contributed by atoms with Gasteiger partial charge in [-0.15, -0.1) is 10.2 Å². The summed E-state index contributed by atoms with van der Waals surface area (Å²) in [4.78, 5) is 0. The molecule has 1 N–H and O–H groups in total. The van der Waals surface area contributed by atoms with Gasteiger partial charge in [0.25, 0.3) is 0 Å². The number of halogens is 2. The Morgan fingerprint density at radius 1 is 1.17 bits per heavy atom. The molecule has 1 heterocycles. The highest BCUT2D eigenvalue weighted by Gasteiger charge is 2.07. The van der Waals surface area contributed by atoms with E-state index < -0.39 is 0 Å². The lowest BCUT2D eigenvalue weighted by molar-refractivity contribution is 0.454. The number of nitrogens with one attached hydrogen (secondary N) is 1. The van der Waals surface area contributed by atoms with Gasteiger partial charge in [-0.1, -0.05) is 29.3 Å². The highest BCUT2D eigenvalue weighted by Crippen LogP contribution is 2.23. The summed E-state index contributed by atoms with van der Waals surface area (Å²) in [5.41, 5.74) is 0.994. The third-order valence-electron chi connectivity index (χ3n) is 2.44. The second-order valence-electron chi connectivity index (χ2n) is 3.87. The minimum Gasteiger partial charge on any atom is -0.425 e. The van der Waals surface area contributed by atoms with Crippen LogP contribution in [0.5, 0.6) is 0 Å². The van der Waals surface area contributed by atoms with Gasteiger partial charge in [-0.25, -0.2) is 0 Å². The molecule has 0 amide bonds. The first-order chi connectivity index (χ1) is 8.69. The van der Waals surface area contributed by atoms with Crippen LogP contribution in [0.3, 0.4) is 0 Å². The highest BCUT2D eigenvalue weighted by molar-refractivity contribution is 6.42. The monoisotopic (exact) mass is 285 g/mol. The summed E-state index contributed by atoms with van der Waals surface area (Å²) in [6.07, 6.45) is 1.29. The maximum atomic E-state index is 5.95. The molecule has 18 heavy (non-hydrogen) atoms. The molecule has 1 aromatic heterocycles. The van der Waals surface area contributed by atoms with Gasteiger partial charge in [0.1, 0.15) is 0 Å². The normalized spacial score (nSPS) is 10.8. The van der Waals surface area contributed by atoms with E-state index in [1.165, 1.54) is 0 Å². The van der Waals surface area contributed by atoms with Gasteiger partial charge >= 0.3 is 0 Å². The van der Waals surface area contributed by atoms with Crippen LogP contribution in [0.15, 0.2) is 22.6 Å². The van der Waals surface area contributed by atoms with Crippen LogP contribution in [0.4, 0.5) is 0 Å². The van der Waals surface area contributed by atoms with Crippen molar-refractivity contribution >= 4 is 23.2 Å². The maximum absolute atomic E-state index is 5.95. The van der Waals surface area contributed by atoms with Crippen LogP contribution in [0.25, 0.3) is 0 Å². The van der Waals surface area contributed by atoms with E-state index in [1.807, 2.05) is 13.1 Å². The van der Waals surface area contributed by atoms with E-state index in [4.69, 9.17) is 27.6 Å². The van der Waals surface area contributed by atoms with Crippen molar-refractivity contribution in [3.05, 3.63) is 45.6 Å². The number of hydrogen-bond donors (Lipinski definition) is 1. The van der Waals surface area contributed by atoms with Crippen molar-refractivity contribution in [2.24, 2.45) is 0 Å². The van der Waals surface area contributed by atoms with Crippen LogP contribution in [0.2, 0.25) is 10.0 Å². The average Bonchev–Trinajstić information content (AvgIpc) is 2.79. The Kier molecular flexibility index (Phi) is 4.58. The van der Waals surface area contributed by atoms with Crippen molar-refractivity contribution in [2.45, 2.75) is 12.8 Å². The van der Waals surface area contributed by atoms with Crippen molar-refractivity contribution < 1.29 is 4.42 Å². The van der Waals surface area contributed by atoms with E-state index in [0.717, 1.165) is 18.5 Å². The number of benzene rings is 1. The summed E-state index contributed by atoms with van der Waals surface area (Å²) in [6.45, 7) is 0.814. The van der Waals surface area contributed by atoms with Crippen LogP contribution in [0.1, 0.15) is 17.3 Å². The molecule has 0 aliphatic heterocycles. The largest absolute Gasteiger partial charge is 0.425 e. The van der Waals surface area contributed by atoms with Gasteiger partial charge in [-0.3, -0.25) is 0 Å². The molecule has 1 aromatic carbocycles.